The third-order valence-electron chi connectivity index (χ3n) is 1.80. The van der Waals surface area contributed by atoms with Crippen LogP contribution in [0.4, 0.5) is 0 Å². The Hall–Kier alpha value is -1.28. The second kappa shape index (κ2) is 3.23. The Labute approximate surface area is 81.1 Å². The predicted molar refractivity (Wildman–Crippen MR) is 51.7 cm³/mol. The van der Waals surface area contributed by atoms with Crippen LogP contribution < -0.4 is 0 Å². The number of hydrogen-bond acceptors (Lipinski definition) is 2. The predicted octanol–water partition coefficient (Wildman–Crippen LogP) is 3.30. The van der Waals surface area contributed by atoms with Crippen molar-refractivity contribution in [2.75, 3.05) is 0 Å². The molecule has 2 rings (SSSR count). The lowest BCUT2D eigenvalue weighted by Crippen LogP contribution is -1.77. The second-order valence-corrected chi connectivity index (χ2v) is 3.26. The summed E-state index contributed by atoms with van der Waals surface area (Å²) in [6.07, 6.45) is 0. The molecule has 66 valence electrons. The highest BCUT2D eigenvalue weighted by Crippen LogP contribution is 2.21. The van der Waals surface area contributed by atoms with E-state index in [1.165, 1.54) is 5.56 Å². The van der Waals surface area contributed by atoms with Gasteiger partial charge in [0.25, 0.3) is 0 Å². The molecule has 0 unspecified atom stereocenters. The number of rotatable bonds is 1. The molecule has 2 nitrogen and oxygen atoms in total. The van der Waals surface area contributed by atoms with Crippen molar-refractivity contribution in [3.63, 3.8) is 0 Å². The lowest BCUT2D eigenvalue weighted by molar-refractivity contribution is 0.424. The summed E-state index contributed by atoms with van der Waals surface area (Å²) in [6.45, 7) is 2.03. The molecular formula is C10H8ClNO. The molecule has 0 aliphatic carbocycles. The minimum Gasteiger partial charge on any atom is -0.344 e. The Morgan fingerprint density at radius 2 is 2.15 bits per heavy atom. The molecule has 1 aromatic heterocycles. The monoisotopic (exact) mass is 193 g/mol. The molecule has 0 aliphatic rings. The maximum atomic E-state index is 5.62. The molecule has 0 atom stereocenters. The minimum absolute atomic E-state index is 0.316. The van der Waals surface area contributed by atoms with Crippen LogP contribution in [-0.2, 0) is 0 Å². The lowest BCUT2D eigenvalue weighted by atomic mass is 10.1. The summed E-state index contributed by atoms with van der Waals surface area (Å²) in [5.74, 6) is 0. The SMILES string of the molecule is Cc1cccc(-c2cc(Cl)on2)c1. The molecule has 3 heteroatoms. The average molecular weight is 194 g/mol. The first-order chi connectivity index (χ1) is 6.25. The van der Waals surface area contributed by atoms with Gasteiger partial charge in [-0.15, -0.1) is 0 Å². The van der Waals surface area contributed by atoms with E-state index in [1.807, 2.05) is 31.2 Å². The van der Waals surface area contributed by atoms with Crippen molar-refractivity contribution in [2.45, 2.75) is 6.92 Å². The smallest absolute Gasteiger partial charge is 0.226 e. The van der Waals surface area contributed by atoms with E-state index in [1.54, 1.807) is 6.07 Å². The first-order valence-corrected chi connectivity index (χ1v) is 4.33. The number of aromatic nitrogens is 1. The quantitative estimate of drug-likeness (QED) is 0.695. The fraction of sp³-hybridized carbons (Fsp3) is 0.100. The molecule has 2 aromatic rings. The molecule has 13 heavy (non-hydrogen) atoms. The Kier molecular flexibility index (Phi) is 2.07. The molecule has 0 spiro atoms. The molecule has 0 fully saturated rings. The summed E-state index contributed by atoms with van der Waals surface area (Å²) in [5.41, 5.74) is 2.99. The lowest BCUT2D eigenvalue weighted by Gasteiger charge is -1.95. The normalized spacial score (nSPS) is 10.3. The van der Waals surface area contributed by atoms with Gasteiger partial charge in [0, 0.05) is 11.6 Å². The van der Waals surface area contributed by atoms with E-state index in [-0.39, 0.29) is 0 Å². The van der Waals surface area contributed by atoms with Crippen LogP contribution in [0.2, 0.25) is 5.22 Å². The highest BCUT2D eigenvalue weighted by molar-refractivity contribution is 6.29. The van der Waals surface area contributed by atoms with Crippen LogP contribution >= 0.6 is 11.6 Å². The van der Waals surface area contributed by atoms with E-state index in [0.717, 1.165) is 11.3 Å². The molecule has 0 saturated heterocycles. The molecule has 0 aliphatic heterocycles. The van der Waals surface area contributed by atoms with E-state index in [2.05, 4.69) is 5.16 Å². The number of nitrogens with zero attached hydrogens (tertiary/aromatic N) is 1. The van der Waals surface area contributed by atoms with E-state index >= 15 is 0 Å². The third-order valence-corrected chi connectivity index (χ3v) is 1.97. The van der Waals surface area contributed by atoms with Gasteiger partial charge < -0.3 is 4.52 Å². The highest BCUT2D eigenvalue weighted by Gasteiger charge is 2.03. The average Bonchev–Trinajstić information content (AvgIpc) is 2.52. The number of benzene rings is 1. The van der Waals surface area contributed by atoms with Gasteiger partial charge in [0.05, 0.1) is 0 Å². The van der Waals surface area contributed by atoms with Crippen molar-refractivity contribution >= 4 is 11.6 Å². The van der Waals surface area contributed by atoms with Crippen LogP contribution in [0.5, 0.6) is 0 Å². The first-order valence-electron chi connectivity index (χ1n) is 3.95. The van der Waals surface area contributed by atoms with Crippen LogP contribution in [0.25, 0.3) is 11.3 Å². The zero-order valence-electron chi connectivity index (χ0n) is 7.12. The maximum Gasteiger partial charge on any atom is 0.226 e. The zero-order valence-corrected chi connectivity index (χ0v) is 7.88. The van der Waals surface area contributed by atoms with Crippen molar-refractivity contribution in [1.29, 1.82) is 0 Å². The van der Waals surface area contributed by atoms with Gasteiger partial charge in [-0.25, -0.2) is 0 Å². The largest absolute Gasteiger partial charge is 0.344 e. The Bertz CT molecular complexity index is 422. The number of aryl methyl sites for hydroxylation is 1. The summed E-state index contributed by atoms with van der Waals surface area (Å²) in [5, 5.41) is 4.14. The summed E-state index contributed by atoms with van der Waals surface area (Å²) in [6, 6.07) is 9.73. The van der Waals surface area contributed by atoms with Gasteiger partial charge in [-0.05, 0) is 24.6 Å². The maximum absolute atomic E-state index is 5.62. The Morgan fingerprint density at radius 1 is 1.31 bits per heavy atom. The van der Waals surface area contributed by atoms with Gasteiger partial charge in [0.1, 0.15) is 5.69 Å². The summed E-state index contributed by atoms with van der Waals surface area (Å²) in [4.78, 5) is 0. The van der Waals surface area contributed by atoms with Gasteiger partial charge in [-0.3, -0.25) is 0 Å². The molecular weight excluding hydrogens is 186 g/mol. The van der Waals surface area contributed by atoms with Crippen LogP contribution in [0.15, 0.2) is 34.9 Å². The molecule has 0 amide bonds. The molecule has 0 radical (unpaired) electrons. The highest BCUT2D eigenvalue weighted by atomic mass is 35.5. The fourth-order valence-corrected chi connectivity index (χ4v) is 1.33. The van der Waals surface area contributed by atoms with Crippen LogP contribution in [0, 0.1) is 6.92 Å². The number of hydrogen-bond donors (Lipinski definition) is 0. The topological polar surface area (TPSA) is 26.0 Å². The minimum atomic E-state index is 0.316. The Balaban J connectivity index is 2.46. The summed E-state index contributed by atoms with van der Waals surface area (Å²) in [7, 11) is 0. The van der Waals surface area contributed by atoms with Crippen molar-refractivity contribution in [3.05, 3.63) is 41.1 Å². The van der Waals surface area contributed by atoms with Gasteiger partial charge in [-0.2, -0.15) is 0 Å². The van der Waals surface area contributed by atoms with Crippen LogP contribution in [0.1, 0.15) is 5.56 Å². The third kappa shape index (κ3) is 1.73. The number of halogens is 1. The fourth-order valence-electron chi connectivity index (χ4n) is 1.19. The Morgan fingerprint density at radius 3 is 2.77 bits per heavy atom. The van der Waals surface area contributed by atoms with E-state index in [0.29, 0.717) is 5.22 Å². The van der Waals surface area contributed by atoms with E-state index in [9.17, 15) is 0 Å². The van der Waals surface area contributed by atoms with Crippen molar-refractivity contribution in [2.24, 2.45) is 0 Å². The van der Waals surface area contributed by atoms with Gasteiger partial charge in [0.2, 0.25) is 5.22 Å². The summed E-state index contributed by atoms with van der Waals surface area (Å²) < 4.78 is 4.77. The molecule has 1 aromatic carbocycles. The van der Waals surface area contributed by atoms with E-state index in [4.69, 9.17) is 16.1 Å². The molecule has 0 bridgehead atoms. The molecule has 0 N–H and O–H groups in total. The van der Waals surface area contributed by atoms with Crippen molar-refractivity contribution < 1.29 is 4.52 Å². The van der Waals surface area contributed by atoms with Gasteiger partial charge >= 0.3 is 0 Å². The molecule has 1 heterocycles. The summed E-state index contributed by atoms with van der Waals surface area (Å²) >= 11 is 5.62. The van der Waals surface area contributed by atoms with Crippen molar-refractivity contribution in [3.8, 4) is 11.3 Å². The zero-order chi connectivity index (χ0) is 9.26. The van der Waals surface area contributed by atoms with Crippen molar-refractivity contribution in [1.82, 2.24) is 5.16 Å². The standard InChI is InChI=1S/C10H8ClNO/c1-7-3-2-4-8(5-7)9-6-10(11)13-12-9/h2-6H,1H3. The van der Waals surface area contributed by atoms with Crippen LogP contribution in [-0.4, -0.2) is 5.16 Å². The molecule has 0 saturated carbocycles. The van der Waals surface area contributed by atoms with Gasteiger partial charge in [-0.1, -0.05) is 28.9 Å². The van der Waals surface area contributed by atoms with Crippen LogP contribution in [0.3, 0.4) is 0 Å². The van der Waals surface area contributed by atoms with E-state index < -0.39 is 0 Å². The first kappa shape index (κ1) is 8.32. The van der Waals surface area contributed by atoms with Gasteiger partial charge in [0.15, 0.2) is 0 Å². The second-order valence-electron chi connectivity index (χ2n) is 2.89.